The number of benzene rings is 4. The Morgan fingerprint density at radius 2 is 1.32 bits per heavy atom. The van der Waals surface area contributed by atoms with Crippen molar-refractivity contribution in [1.82, 2.24) is 14.5 Å². The standard InChI is InChI=1S/C32H23N5/c1-32(2)24-10-4-7-13-28(24)37(29-14-8-5-11-25(29)32)31-20-34-19-30(35-31)36-26-12-6-3-9-22(26)23-17-21(18-33)15-16-27(23)36/h3-17,19-20H,1-2H3. The van der Waals surface area contributed by atoms with Crippen LogP contribution in [-0.2, 0) is 5.41 Å². The maximum Gasteiger partial charge on any atom is 0.158 e. The first-order valence-corrected chi connectivity index (χ1v) is 12.3. The molecule has 0 N–H and O–H groups in total. The van der Waals surface area contributed by atoms with E-state index in [2.05, 4.69) is 95.0 Å². The van der Waals surface area contributed by atoms with Gasteiger partial charge in [-0.05, 0) is 47.5 Å². The highest BCUT2D eigenvalue weighted by Crippen LogP contribution is 2.51. The summed E-state index contributed by atoms with van der Waals surface area (Å²) >= 11 is 0. The molecule has 0 unspecified atom stereocenters. The monoisotopic (exact) mass is 477 g/mol. The molecule has 0 bridgehead atoms. The van der Waals surface area contributed by atoms with Gasteiger partial charge in [0.1, 0.15) is 0 Å². The van der Waals surface area contributed by atoms with Gasteiger partial charge < -0.3 is 0 Å². The predicted octanol–water partition coefficient (Wildman–Crippen LogP) is 7.55. The van der Waals surface area contributed by atoms with Crippen LogP contribution in [0.5, 0.6) is 0 Å². The van der Waals surface area contributed by atoms with E-state index in [4.69, 9.17) is 4.98 Å². The zero-order valence-corrected chi connectivity index (χ0v) is 20.6. The van der Waals surface area contributed by atoms with Crippen molar-refractivity contribution in [2.75, 3.05) is 4.90 Å². The Balaban J connectivity index is 1.49. The summed E-state index contributed by atoms with van der Waals surface area (Å²) in [5.41, 5.74) is 7.24. The van der Waals surface area contributed by atoms with Crippen molar-refractivity contribution in [2.24, 2.45) is 0 Å². The van der Waals surface area contributed by atoms with Crippen molar-refractivity contribution >= 4 is 39.0 Å². The Labute approximate surface area is 214 Å². The lowest BCUT2D eigenvalue weighted by atomic mass is 9.74. The van der Waals surface area contributed by atoms with Gasteiger partial charge in [-0.2, -0.15) is 5.26 Å². The molecule has 0 aliphatic carbocycles. The van der Waals surface area contributed by atoms with Gasteiger partial charge in [0.25, 0.3) is 0 Å². The van der Waals surface area contributed by atoms with Crippen LogP contribution in [0.2, 0.25) is 0 Å². The van der Waals surface area contributed by atoms with E-state index < -0.39 is 0 Å². The molecule has 176 valence electrons. The zero-order valence-electron chi connectivity index (χ0n) is 20.6. The van der Waals surface area contributed by atoms with E-state index in [0.29, 0.717) is 5.56 Å². The van der Waals surface area contributed by atoms with Gasteiger partial charge >= 0.3 is 0 Å². The number of para-hydroxylation sites is 3. The van der Waals surface area contributed by atoms with Crippen LogP contribution in [0.15, 0.2) is 103 Å². The van der Waals surface area contributed by atoms with Gasteiger partial charge in [-0.1, -0.05) is 68.4 Å². The van der Waals surface area contributed by atoms with Gasteiger partial charge in [-0.25, -0.2) is 4.98 Å². The normalized spacial score (nSPS) is 13.8. The number of nitriles is 1. The van der Waals surface area contributed by atoms with Crippen LogP contribution in [-0.4, -0.2) is 14.5 Å². The average molecular weight is 478 g/mol. The molecule has 7 rings (SSSR count). The van der Waals surface area contributed by atoms with Crippen molar-refractivity contribution in [2.45, 2.75) is 19.3 Å². The van der Waals surface area contributed by atoms with E-state index in [1.807, 2.05) is 36.5 Å². The van der Waals surface area contributed by atoms with E-state index in [1.165, 1.54) is 11.1 Å². The second kappa shape index (κ2) is 7.78. The van der Waals surface area contributed by atoms with Gasteiger partial charge in [-0.15, -0.1) is 0 Å². The predicted molar refractivity (Wildman–Crippen MR) is 148 cm³/mol. The van der Waals surface area contributed by atoms with Crippen molar-refractivity contribution < 1.29 is 0 Å². The molecule has 2 aromatic heterocycles. The maximum atomic E-state index is 9.49. The molecule has 37 heavy (non-hydrogen) atoms. The topological polar surface area (TPSA) is 57.7 Å². The minimum Gasteiger partial charge on any atom is -0.293 e. The second-order valence-electron chi connectivity index (χ2n) is 9.93. The average Bonchev–Trinajstić information content (AvgIpc) is 3.27. The third-order valence-corrected chi connectivity index (χ3v) is 7.51. The Hall–Kier alpha value is -4.95. The number of fused-ring (bicyclic) bond motifs is 5. The van der Waals surface area contributed by atoms with Gasteiger partial charge in [0, 0.05) is 16.2 Å². The highest BCUT2D eigenvalue weighted by Gasteiger charge is 2.37. The number of rotatable bonds is 2. The van der Waals surface area contributed by atoms with Crippen LogP contribution in [0.1, 0.15) is 30.5 Å². The van der Waals surface area contributed by atoms with Gasteiger partial charge in [0.05, 0.1) is 46.4 Å². The fourth-order valence-electron chi connectivity index (χ4n) is 5.77. The summed E-state index contributed by atoms with van der Waals surface area (Å²) in [4.78, 5) is 12.1. The van der Waals surface area contributed by atoms with E-state index in [9.17, 15) is 5.26 Å². The molecule has 1 aliphatic heterocycles. The Bertz CT molecular complexity index is 1840. The van der Waals surface area contributed by atoms with E-state index in [-0.39, 0.29) is 5.41 Å². The summed E-state index contributed by atoms with van der Waals surface area (Å²) in [6, 6.07) is 33.4. The lowest BCUT2D eigenvalue weighted by molar-refractivity contribution is 0.631. The summed E-state index contributed by atoms with van der Waals surface area (Å²) in [6.07, 6.45) is 3.64. The quantitative estimate of drug-likeness (QED) is 0.258. The third-order valence-electron chi connectivity index (χ3n) is 7.51. The van der Waals surface area contributed by atoms with Crippen LogP contribution < -0.4 is 4.90 Å². The highest BCUT2D eigenvalue weighted by molar-refractivity contribution is 6.09. The van der Waals surface area contributed by atoms with E-state index >= 15 is 0 Å². The van der Waals surface area contributed by atoms with Crippen molar-refractivity contribution in [3.05, 3.63) is 120 Å². The minimum atomic E-state index is -0.139. The number of nitrogens with zero attached hydrogens (tertiary/aromatic N) is 5. The highest BCUT2D eigenvalue weighted by atomic mass is 15.2. The SMILES string of the molecule is CC1(C)c2ccccc2N(c2cncc(-n3c4ccccc4c4cc(C#N)ccc43)n2)c2ccccc21. The third kappa shape index (κ3) is 3.03. The van der Waals surface area contributed by atoms with Crippen LogP contribution in [0, 0.1) is 11.3 Å². The molecule has 0 spiro atoms. The largest absolute Gasteiger partial charge is 0.293 e. The lowest BCUT2D eigenvalue weighted by Gasteiger charge is -2.41. The van der Waals surface area contributed by atoms with Crippen molar-refractivity contribution in [1.29, 1.82) is 5.26 Å². The first kappa shape index (κ1) is 21.3. The molecule has 3 heterocycles. The first-order chi connectivity index (χ1) is 18.1. The maximum absolute atomic E-state index is 9.49. The molecule has 0 radical (unpaired) electrons. The molecule has 0 saturated heterocycles. The molecule has 0 fully saturated rings. The van der Waals surface area contributed by atoms with Gasteiger partial charge in [0.2, 0.25) is 0 Å². The van der Waals surface area contributed by atoms with Crippen LogP contribution in [0.25, 0.3) is 27.6 Å². The summed E-state index contributed by atoms with van der Waals surface area (Å²) < 4.78 is 2.13. The van der Waals surface area contributed by atoms with Crippen LogP contribution >= 0.6 is 0 Å². The molecular weight excluding hydrogens is 454 g/mol. The minimum absolute atomic E-state index is 0.139. The van der Waals surface area contributed by atoms with Crippen molar-refractivity contribution in [3.63, 3.8) is 0 Å². The summed E-state index contributed by atoms with van der Waals surface area (Å²) in [5, 5.41) is 11.6. The molecule has 5 nitrogen and oxygen atoms in total. The van der Waals surface area contributed by atoms with Gasteiger partial charge in [0.15, 0.2) is 11.6 Å². The Morgan fingerprint density at radius 1 is 0.703 bits per heavy atom. The van der Waals surface area contributed by atoms with E-state index in [1.54, 1.807) is 6.20 Å². The molecule has 6 aromatic rings. The summed E-state index contributed by atoms with van der Waals surface area (Å²) in [5.74, 6) is 1.49. The molecule has 1 aliphatic rings. The number of aromatic nitrogens is 3. The fraction of sp³-hybridized carbons (Fsp3) is 0.0938. The summed E-state index contributed by atoms with van der Waals surface area (Å²) in [7, 11) is 0. The molecule has 0 amide bonds. The van der Waals surface area contributed by atoms with Crippen LogP contribution in [0.3, 0.4) is 0 Å². The molecular formula is C32H23N5. The van der Waals surface area contributed by atoms with E-state index in [0.717, 1.165) is 44.8 Å². The summed E-state index contributed by atoms with van der Waals surface area (Å²) in [6.45, 7) is 4.55. The van der Waals surface area contributed by atoms with Gasteiger partial charge in [-0.3, -0.25) is 14.5 Å². The number of hydrogen-bond acceptors (Lipinski definition) is 4. The Morgan fingerprint density at radius 3 is 2.05 bits per heavy atom. The van der Waals surface area contributed by atoms with Crippen LogP contribution in [0.4, 0.5) is 17.2 Å². The molecule has 0 saturated carbocycles. The second-order valence-corrected chi connectivity index (χ2v) is 9.93. The zero-order chi connectivity index (χ0) is 25.1. The molecule has 0 atom stereocenters. The Kier molecular flexibility index (Phi) is 4.49. The molecule has 5 heteroatoms. The smallest absolute Gasteiger partial charge is 0.158 e. The number of anilines is 3. The van der Waals surface area contributed by atoms with Crippen molar-refractivity contribution in [3.8, 4) is 11.9 Å². The first-order valence-electron chi connectivity index (χ1n) is 12.3. The number of hydrogen-bond donors (Lipinski definition) is 0. The lowest BCUT2D eigenvalue weighted by Crippen LogP contribution is -2.31. The molecule has 4 aromatic carbocycles. The fourth-order valence-corrected chi connectivity index (χ4v) is 5.77.